The van der Waals surface area contributed by atoms with Crippen LogP contribution in [0.2, 0.25) is 0 Å². The van der Waals surface area contributed by atoms with Crippen molar-refractivity contribution in [3.05, 3.63) is 39.8 Å². The zero-order valence-electron chi connectivity index (χ0n) is 9.17. The van der Waals surface area contributed by atoms with E-state index in [1.54, 1.807) is 0 Å². The van der Waals surface area contributed by atoms with E-state index in [9.17, 15) is 18.0 Å². The molecule has 0 aliphatic carbocycles. The first-order chi connectivity index (χ1) is 7.84. The van der Waals surface area contributed by atoms with E-state index in [1.165, 1.54) is 32.3 Å². The van der Waals surface area contributed by atoms with E-state index in [0.717, 1.165) is 4.57 Å². The monoisotopic (exact) mass is 242 g/mol. The van der Waals surface area contributed by atoms with E-state index < -0.39 is 17.3 Å². The molecule has 17 heavy (non-hydrogen) atoms. The Morgan fingerprint density at radius 3 is 2.59 bits per heavy atom. The Morgan fingerprint density at radius 2 is 2.00 bits per heavy atom. The molecule has 0 fully saturated rings. The molecule has 2 rings (SSSR count). The molecule has 2 aromatic rings. The number of fused-ring (bicyclic) bond motifs is 1. The lowest BCUT2D eigenvalue weighted by Gasteiger charge is -2.16. The van der Waals surface area contributed by atoms with Gasteiger partial charge in [0.25, 0.3) is 0 Å². The summed E-state index contributed by atoms with van der Waals surface area (Å²) in [7, 11) is 1.25. The average molecular weight is 242 g/mol. The molecule has 90 valence electrons. The van der Waals surface area contributed by atoms with Crippen LogP contribution < -0.4 is 5.43 Å². The maximum absolute atomic E-state index is 12.8. The second kappa shape index (κ2) is 3.58. The van der Waals surface area contributed by atoms with Crippen molar-refractivity contribution in [3.8, 4) is 0 Å². The fourth-order valence-corrected chi connectivity index (χ4v) is 1.91. The largest absolute Gasteiger partial charge is 0.431 e. The van der Waals surface area contributed by atoms with Gasteiger partial charge in [-0.25, -0.2) is 4.98 Å². The van der Waals surface area contributed by atoms with E-state index in [4.69, 9.17) is 0 Å². The third-order valence-electron chi connectivity index (χ3n) is 2.65. The van der Waals surface area contributed by atoms with E-state index in [0.29, 0.717) is 0 Å². The van der Waals surface area contributed by atoms with Crippen molar-refractivity contribution in [3.63, 3.8) is 0 Å². The quantitative estimate of drug-likeness (QED) is 0.710. The Morgan fingerprint density at radius 1 is 1.35 bits per heavy atom. The summed E-state index contributed by atoms with van der Waals surface area (Å²) in [6, 6.07) is 2.99. The number of alkyl halides is 3. The van der Waals surface area contributed by atoms with Crippen molar-refractivity contribution >= 4 is 11.0 Å². The molecule has 2 aromatic heterocycles. The highest BCUT2D eigenvalue weighted by Gasteiger charge is 2.36. The van der Waals surface area contributed by atoms with Gasteiger partial charge in [0, 0.05) is 18.8 Å². The van der Waals surface area contributed by atoms with E-state index in [2.05, 4.69) is 4.98 Å². The molecule has 0 amide bonds. The van der Waals surface area contributed by atoms with Crippen molar-refractivity contribution < 1.29 is 13.2 Å². The zero-order chi connectivity index (χ0) is 12.8. The molecule has 0 bridgehead atoms. The predicted octanol–water partition coefficient (Wildman–Crippen LogP) is 2.26. The lowest BCUT2D eigenvalue weighted by molar-refractivity contribution is -0.143. The van der Waals surface area contributed by atoms with Crippen LogP contribution >= 0.6 is 0 Å². The van der Waals surface area contributed by atoms with Crippen LogP contribution in [-0.2, 0) is 13.2 Å². The predicted molar refractivity (Wildman–Crippen MR) is 56.7 cm³/mol. The van der Waals surface area contributed by atoms with E-state index in [-0.39, 0.29) is 16.6 Å². The molecule has 0 atom stereocenters. The van der Waals surface area contributed by atoms with Gasteiger partial charge in [0.1, 0.15) is 11.3 Å². The molecule has 0 unspecified atom stereocenters. The van der Waals surface area contributed by atoms with Crippen molar-refractivity contribution in [2.45, 2.75) is 13.1 Å². The number of aryl methyl sites for hydroxylation is 1. The summed E-state index contributed by atoms with van der Waals surface area (Å²) >= 11 is 0. The summed E-state index contributed by atoms with van der Waals surface area (Å²) in [5.41, 5.74) is -1.84. The Labute approximate surface area is 94.5 Å². The lowest BCUT2D eigenvalue weighted by atomic mass is 10.1. The Bertz CT molecular complexity index is 643. The van der Waals surface area contributed by atoms with Gasteiger partial charge in [-0.2, -0.15) is 13.2 Å². The fourth-order valence-electron chi connectivity index (χ4n) is 1.91. The first-order valence-electron chi connectivity index (χ1n) is 4.85. The van der Waals surface area contributed by atoms with Crippen molar-refractivity contribution in [1.29, 1.82) is 0 Å². The second-order valence-corrected chi connectivity index (χ2v) is 3.73. The minimum atomic E-state index is -4.57. The molecule has 0 aromatic carbocycles. The molecule has 0 radical (unpaired) electrons. The Hall–Kier alpha value is -1.85. The summed E-state index contributed by atoms with van der Waals surface area (Å²) in [5, 5.41) is 0.195. The number of hydrogen-bond donors (Lipinski definition) is 0. The van der Waals surface area contributed by atoms with E-state index >= 15 is 0 Å². The van der Waals surface area contributed by atoms with Crippen molar-refractivity contribution in [2.24, 2.45) is 7.05 Å². The van der Waals surface area contributed by atoms with Crippen LogP contribution in [-0.4, -0.2) is 9.55 Å². The second-order valence-electron chi connectivity index (χ2n) is 3.73. The number of rotatable bonds is 0. The molecule has 0 N–H and O–H groups in total. The molecule has 0 spiro atoms. The van der Waals surface area contributed by atoms with Crippen LogP contribution in [0.5, 0.6) is 0 Å². The van der Waals surface area contributed by atoms with Crippen LogP contribution in [0, 0.1) is 6.92 Å². The van der Waals surface area contributed by atoms with Crippen molar-refractivity contribution in [2.75, 3.05) is 0 Å². The van der Waals surface area contributed by atoms with Crippen LogP contribution in [0.1, 0.15) is 11.3 Å². The molecular weight excluding hydrogens is 233 g/mol. The van der Waals surface area contributed by atoms with Gasteiger partial charge in [-0.1, -0.05) is 0 Å². The Balaban J connectivity index is 3.03. The van der Waals surface area contributed by atoms with Gasteiger partial charge >= 0.3 is 6.18 Å². The van der Waals surface area contributed by atoms with Gasteiger partial charge in [-0.05, 0) is 19.1 Å². The van der Waals surface area contributed by atoms with Crippen LogP contribution in [0.15, 0.2) is 23.1 Å². The normalized spacial score (nSPS) is 12.1. The average Bonchev–Trinajstić information content (AvgIpc) is 2.24. The number of hydrogen-bond acceptors (Lipinski definition) is 2. The smallest absolute Gasteiger partial charge is 0.324 e. The van der Waals surface area contributed by atoms with Crippen LogP contribution in [0.4, 0.5) is 13.2 Å². The standard InChI is InChI=1S/C11H9F3N2O/c1-6-8(17)7-4-3-5-15-10(7)16(2)9(6)11(12,13)14/h3-5H,1-2H3. The van der Waals surface area contributed by atoms with Gasteiger partial charge < -0.3 is 4.57 Å². The molecule has 0 aliphatic heterocycles. The SMILES string of the molecule is Cc1c(C(F)(F)F)n(C)c2ncccc2c1=O. The van der Waals surface area contributed by atoms with Gasteiger partial charge in [0.2, 0.25) is 0 Å². The van der Waals surface area contributed by atoms with Crippen molar-refractivity contribution in [1.82, 2.24) is 9.55 Å². The molecule has 0 aliphatic rings. The summed E-state index contributed by atoms with van der Waals surface area (Å²) in [6.07, 6.45) is -3.21. The minimum absolute atomic E-state index is 0.0374. The topological polar surface area (TPSA) is 34.9 Å². The van der Waals surface area contributed by atoms with Crippen LogP contribution in [0.3, 0.4) is 0 Å². The Kier molecular flexibility index (Phi) is 2.45. The van der Waals surface area contributed by atoms with E-state index in [1.807, 2.05) is 0 Å². The highest BCUT2D eigenvalue weighted by molar-refractivity contribution is 5.76. The van der Waals surface area contributed by atoms with Gasteiger partial charge in [-0.3, -0.25) is 4.79 Å². The lowest BCUT2D eigenvalue weighted by Crippen LogP contribution is -2.23. The van der Waals surface area contributed by atoms with Gasteiger partial charge in [0.05, 0.1) is 5.39 Å². The fraction of sp³-hybridized carbons (Fsp3) is 0.273. The molecular formula is C11H9F3N2O. The van der Waals surface area contributed by atoms with Crippen LogP contribution in [0.25, 0.3) is 11.0 Å². The third-order valence-corrected chi connectivity index (χ3v) is 2.65. The number of pyridine rings is 2. The molecule has 6 heteroatoms. The highest BCUT2D eigenvalue weighted by atomic mass is 19.4. The first-order valence-corrected chi connectivity index (χ1v) is 4.85. The van der Waals surface area contributed by atoms with Gasteiger partial charge in [0.15, 0.2) is 5.43 Å². The molecule has 0 saturated heterocycles. The summed E-state index contributed by atoms with van der Waals surface area (Å²) in [5.74, 6) is 0. The minimum Gasteiger partial charge on any atom is -0.324 e. The highest BCUT2D eigenvalue weighted by Crippen LogP contribution is 2.31. The molecule has 3 nitrogen and oxygen atoms in total. The summed E-state index contributed by atoms with van der Waals surface area (Å²) in [6.45, 7) is 1.18. The summed E-state index contributed by atoms with van der Waals surface area (Å²) in [4.78, 5) is 15.6. The number of nitrogens with zero attached hydrogens (tertiary/aromatic N) is 2. The number of halogens is 3. The maximum atomic E-state index is 12.8. The first kappa shape index (κ1) is 11.6. The molecule has 0 saturated carbocycles. The zero-order valence-corrected chi connectivity index (χ0v) is 9.17. The number of aromatic nitrogens is 2. The third kappa shape index (κ3) is 1.69. The summed E-state index contributed by atoms with van der Waals surface area (Å²) < 4.78 is 39.4. The maximum Gasteiger partial charge on any atom is 0.431 e. The molecule has 2 heterocycles. The van der Waals surface area contributed by atoms with Gasteiger partial charge in [-0.15, -0.1) is 0 Å².